The monoisotopic (exact) mass is 273 g/mol. The Morgan fingerprint density at radius 3 is 2.65 bits per heavy atom. The van der Waals surface area contributed by atoms with Gasteiger partial charge >= 0.3 is 0 Å². The highest BCUT2D eigenvalue weighted by Crippen LogP contribution is 2.21. The summed E-state index contributed by atoms with van der Waals surface area (Å²) in [5.41, 5.74) is 13.9. The SMILES string of the molecule is Cc1c(N)cccc1CNc1cccc(F)c1C(N)=O. The van der Waals surface area contributed by atoms with Crippen LogP contribution in [-0.4, -0.2) is 5.91 Å². The molecule has 0 aliphatic carbocycles. The normalized spacial score (nSPS) is 10.3. The number of anilines is 2. The number of nitrogens with two attached hydrogens (primary N) is 2. The predicted molar refractivity (Wildman–Crippen MR) is 77.8 cm³/mol. The number of rotatable bonds is 4. The molecule has 4 nitrogen and oxygen atoms in total. The molecule has 0 aliphatic rings. The van der Waals surface area contributed by atoms with Crippen molar-refractivity contribution in [2.75, 3.05) is 11.1 Å². The number of halogens is 1. The number of nitrogens with one attached hydrogen (secondary N) is 1. The van der Waals surface area contributed by atoms with Crippen LogP contribution in [0.25, 0.3) is 0 Å². The second-order valence-electron chi connectivity index (χ2n) is 4.51. The Bertz CT molecular complexity index is 656. The van der Waals surface area contributed by atoms with Crippen molar-refractivity contribution in [3.8, 4) is 0 Å². The van der Waals surface area contributed by atoms with Gasteiger partial charge in [0, 0.05) is 12.2 Å². The molecule has 0 bridgehead atoms. The van der Waals surface area contributed by atoms with Gasteiger partial charge in [-0.05, 0) is 36.2 Å². The number of hydrogen-bond donors (Lipinski definition) is 3. The molecule has 0 spiro atoms. The second kappa shape index (κ2) is 5.61. The molecule has 5 heteroatoms. The maximum Gasteiger partial charge on any atom is 0.253 e. The lowest BCUT2D eigenvalue weighted by Gasteiger charge is -2.13. The van der Waals surface area contributed by atoms with Gasteiger partial charge in [0.2, 0.25) is 0 Å². The quantitative estimate of drug-likeness (QED) is 0.748. The van der Waals surface area contributed by atoms with Gasteiger partial charge in [0.05, 0.1) is 11.3 Å². The van der Waals surface area contributed by atoms with E-state index in [1.165, 1.54) is 12.1 Å². The van der Waals surface area contributed by atoms with E-state index in [1.807, 2.05) is 25.1 Å². The minimum atomic E-state index is -0.796. The van der Waals surface area contributed by atoms with E-state index in [2.05, 4.69) is 5.32 Å². The van der Waals surface area contributed by atoms with Crippen LogP contribution in [0.5, 0.6) is 0 Å². The van der Waals surface area contributed by atoms with E-state index in [0.29, 0.717) is 17.9 Å². The first-order chi connectivity index (χ1) is 9.50. The third-order valence-corrected chi connectivity index (χ3v) is 3.22. The highest BCUT2D eigenvalue weighted by Gasteiger charge is 2.13. The van der Waals surface area contributed by atoms with E-state index >= 15 is 0 Å². The Kier molecular flexibility index (Phi) is 3.89. The van der Waals surface area contributed by atoms with Crippen molar-refractivity contribution in [2.45, 2.75) is 13.5 Å². The maximum absolute atomic E-state index is 13.6. The number of benzene rings is 2. The van der Waals surface area contributed by atoms with E-state index in [0.717, 1.165) is 11.1 Å². The van der Waals surface area contributed by atoms with Crippen LogP contribution in [0.1, 0.15) is 21.5 Å². The van der Waals surface area contributed by atoms with Crippen LogP contribution in [0.15, 0.2) is 36.4 Å². The lowest BCUT2D eigenvalue weighted by molar-refractivity contribution is 0.0997. The lowest BCUT2D eigenvalue weighted by atomic mass is 10.1. The molecule has 2 aromatic carbocycles. The Morgan fingerprint density at radius 2 is 1.95 bits per heavy atom. The fourth-order valence-electron chi connectivity index (χ4n) is 2.01. The largest absolute Gasteiger partial charge is 0.399 e. The summed E-state index contributed by atoms with van der Waals surface area (Å²) in [4.78, 5) is 11.3. The molecule has 0 unspecified atom stereocenters. The van der Waals surface area contributed by atoms with Gasteiger partial charge in [-0.2, -0.15) is 0 Å². The molecule has 2 rings (SSSR count). The molecular formula is C15H16FN3O. The average Bonchev–Trinajstić information content (AvgIpc) is 2.40. The predicted octanol–water partition coefficient (Wildman–Crippen LogP) is 2.43. The molecule has 0 heterocycles. The zero-order valence-electron chi connectivity index (χ0n) is 11.1. The molecule has 0 saturated heterocycles. The van der Waals surface area contributed by atoms with E-state index in [1.54, 1.807) is 6.07 Å². The minimum absolute atomic E-state index is 0.131. The van der Waals surface area contributed by atoms with Gasteiger partial charge in [0.1, 0.15) is 5.82 Å². The molecular weight excluding hydrogens is 257 g/mol. The first-order valence-electron chi connectivity index (χ1n) is 6.17. The van der Waals surface area contributed by atoms with Crippen molar-refractivity contribution in [1.82, 2.24) is 0 Å². The molecule has 5 N–H and O–H groups in total. The fourth-order valence-corrected chi connectivity index (χ4v) is 2.01. The van der Waals surface area contributed by atoms with Crippen LogP contribution in [-0.2, 0) is 6.54 Å². The second-order valence-corrected chi connectivity index (χ2v) is 4.51. The summed E-state index contributed by atoms with van der Waals surface area (Å²) in [7, 11) is 0. The first kappa shape index (κ1) is 13.9. The molecule has 0 aromatic heterocycles. The molecule has 20 heavy (non-hydrogen) atoms. The van der Waals surface area contributed by atoms with Gasteiger partial charge in [-0.25, -0.2) is 4.39 Å². The first-order valence-corrected chi connectivity index (χ1v) is 6.17. The molecule has 104 valence electrons. The summed E-state index contributed by atoms with van der Waals surface area (Å²) in [6, 6.07) is 9.93. The Morgan fingerprint density at radius 1 is 1.25 bits per heavy atom. The topological polar surface area (TPSA) is 81.1 Å². The van der Waals surface area contributed by atoms with E-state index in [9.17, 15) is 9.18 Å². The summed E-state index contributed by atoms with van der Waals surface area (Å²) in [5.74, 6) is -1.43. The third-order valence-electron chi connectivity index (χ3n) is 3.22. The van der Waals surface area contributed by atoms with Crippen LogP contribution in [0, 0.1) is 12.7 Å². The number of carbonyl (C=O) groups is 1. The molecule has 0 atom stereocenters. The van der Waals surface area contributed by atoms with Crippen molar-refractivity contribution in [1.29, 1.82) is 0 Å². The van der Waals surface area contributed by atoms with Crippen LogP contribution < -0.4 is 16.8 Å². The zero-order chi connectivity index (χ0) is 14.7. The standard InChI is InChI=1S/C15H16FN3O/c1-9-10(4-2-6-12(9)17)8-19-13-7-3-5-11(16)14(13)15(18)20/h2-7,19H,8,17H2,1H3,(H2,18,20). The molecule has 0 radical (unpaired) electrons. The summed E-state index contributed by atoms with van der Waals surface area (Å²) >= 11 is 0. The van der Waals surface area contributed by atoms with Crippen LogP contribution >= 0.6 is 0 Å². The lowest BCUT2D eigenvalue weighted by Crippen LogP contribution is -2.16. The Labute approximate surface area is 116 Å². The average molecular weight is 273 g/mol. The summed E-state index contributed by atoms with van der Waals surface area (Å²) < 4.78 is 13.6. The van der Waals surface area contributed by atoms with Gasteiger partial charge in [-0.3, -0.25) is 4.79 Å². The number of primary amides is 1. The molecule has 0 saturated carbocycles. The summed E-state index contributed by atoms with van der Waals surface area (Å²) in [6.45, 7) is 2.34. The van der Waals surface area contributed by atoms with Crippen LogP contribution in [0.2, 0.25) is 0 Å². The van der Waals surface area contributed by atoms with Crippen molar-refractivity contribution >= 4 is 17.3 Å². The van der Waals surface area contributed by atoms with Crippen LogP contribution in [0.4, 0.5) is 15.8 Å². The number of amides is 1. The smallest absolute Gasteiger partial charge is 0.253 e. The highest BCUT2D eigenvalue weighted by atomic mass is 19.1. The number of hydrogen-bond acceptors (Lipinski definition) is 3. The highest BCUT2D eigenvalue weighted by molar-refractivity contribution is 5.98. The molecule has 0 fully saturated rings. The molecule has 2 aromatic rings. The summed E-state index contributed by atoms with van der Waals surface area (Å²) in [5, 5.41) is 3.02. The van der Waals surface area contributed by atoms with E-state index in [4.69, 9.17) is 11.5 Å². The summed E-state index contributed by atoms with van der Waals surface area (Å²) in [6.07, 6.45) is 0. The van der Waals surface area contributed by atoms with Gasteiger partial charge in [0.25, 0.3) is 5.91 Å². The maximum atomic E-state index is 13.6. The molecule has 0 aliphatic heterocycles. The van der Waals surface area contributed by atoms with Crippen molar-refractivity contribution in [2.24, 2.45) is 5.73 Å². The van der Waals surface area contributed by atoms with Gasteiger partial charge < -0.3 is 16.8 Å². The van der Waals surface area contributed by atoms with Crippen molar-refractivity contribution in [3.63, 3.8) is 0 Å². The Balaban J connectivity index is 2.26. The third kappa shape index (κ3) is 2.71. The zero-order valence-corrected chi connectivity index (χ0v) is 11.1. The molecule has 1 amide bonds. The van der Waals surface area contributed by atoms with Crippen molar-refractivity contribution < 1.29 is 9.18 Å². The van der Waals surface area contributed by atoms with Crippen LogP contribution in [0.3, 0.4) is 0 Å². The fraction of sp³-hybridized carbons (Fsp3) is 0.133. The minimum Gasteiger partial charge on any atom is -0.399 e. The van der Waals surface area contributed by atoms with Crippen molar-refractivity contribution in [3.05, 3.63) is 58.9 Å². The number of carbonyl (C=O) groups excluding carboxylic acids is 1. The van der Waals surface area contributed by atoms with Gasteiger partial charge in [-0.1, -0.05) is 18.2 Å². The van der Waals surface area contributed by atoms with Gasteiger partial charge in [0.15, 0.2) is 0 Å². The van der Waals surface area contributed by atoms with E-state index < -0.39 is 11.7 Å². The Hall–Kier alpha value is -2.56. The van der Waals surface area contributed by atoms with Gasteiger partial charge in [-0.15, -0.1) is 0 Å². The number of nitrogen functional groups attached to an aromatic ring is 1. The van der Waals surface area contributed by atoms with E-state index in [-0.39, 0.29) is 5.56 Å².